The molecule has 0 radical (unpaired) electrons. The SMILES string of the molecule is Cc1[nH]c(=O)[nH]c(=O)c1CC(=O)N/N=C\c1ccco1. The lowest BCUT2D eigenvalue weighted by molar-refractivity contribution is -0.120. The number of hydrazone groups is 1. The normalized spacial score (nSPS) is 10.8. The number of aryl methyl sites for hydroxylation is 1. The zero-order valence-electron chi connectivity index (χ0n) is 10.6. The molecule has 0 fully saturated rings. The maximum Gasteiger partial charge on any atom is 0.325 e. The van der Waals surface area contributed by atoms with Gasteiger partial charge in [0.25, 0.3) is 5.56 Å². The minimum absolute atomic E-state index is 0.187. The Morgan fingerprint density at radius 3 is 2.90 bits per heavy atom. The molecule has 8 nitrogen and oxygen atoms in total. The third-order valence-corrected chi connectivity index (χ3v) is 2.52. The van der Waals surface area contributed by atoms with Gasteiger partial charge in [-0.25, -0.2) is 10.2 Å². The minimum atomic E-state index is -0.604. The first-order valence-electron chi connectivity index (χ1n) is 5.74. The predicted molar refractivity (Wildman–Crippen MR) is 70.6 cm³/mol. The van der Waals surface area contributed by atoms with Gasteiger partial charge in [-0.15, -0.1) is 0 Å². The highest BCUT2D eigenvalue weighted by Gasteiger charge is 2.10. The molecule has 2 aromatic heterocycles. The first-order chi connectivity index (χ1) is 9.56. The Morgan fingerprint density at radius 2 is 2.25 bits per heavy atom. The van der Waals surface area contributed by atoms with Crippen LogP contribution in [0.3, 0.4) is 0 Å². The molecule has 0 aliphatic heterocycles. The molecule has 2 heterocycles. The number of amides is 1. The zero-order valence-corrected chi connectivity index (χ0v) is 10.6. The van der Waals surface area contributed by atoms with E-state index in [4.69, 9.17) is 4.42 Å². The summed E-state index contributed by atoms with van der Waals surface area (Å²) in [5.74, 6) is 0.0109. The number of hydrogen-bond acceptors (Lipinski definition) is 5. The molecule has 0 bridgehead atoms. The van der Waals surface area contributed by atoms with Crippen molar-refractivity contribution >= 4 is 12.1 Å². The Morgan fingerprint density at radius 1 is 1.45 bits per heavy atom. The summed E-state index contributed by atoms with van der Waals surface area (Å²) in [5, 5.41) is 3.68. The summed E-state index contributed by atoms with van der Waals surface area (Å²) in [6, 6.07) is 3.36. The lowest BCUT2D eigenvalue weighted by Gasteiger charge is -2.02. The summed E-state index contributed by atoms with van der Waals surface area (Å²) in [6.45, 7) is 1.55. The molecular weight excluding hydrogens is 264 g/mol. The molecule has 104 valence electrons. The van der Waals surface area contributed by atoms with Gasteiger partial charge in [-0.05, 0) is 19.1 Å². The van der Waals surface area contributed by atoms with E-state index in [2.05, 4.69) is 20.5 Å². The highest BCUT2D eigenvalue weighted by atomic mass is 16.3. The van der Waals surface area contributed by atoms with E-state index in [0.717, 1.165) is 0 Å². The fourth-order valence-electron chi connectivity index (χ4n) is 1.57. The van der Waals surface area contributed by atoms with Crippen molar-refractivity contribution in [3.05, 3.63) is 56.3 Å². The van der Waals surface area contributed by atoms with Crippen LogP contribution in [0.25, 0.3) is 0 Å². The topological polar surface area (TPSA) is 120 Å². The number of aromatic nitrogens is 2. The van der Waals surface area contributed by atoms with Crippen LogP contribution < -0.4 is 16.7 Å². The van der Waals surface area contributed by atoms with Crippen LogP contribution in [0.1, 0.15) is 17.0 Å². The van der Waals surface area contributed by atoms with Crippen LogP contribution in [-0.2, 0) is 11.2 Å². The highest BCUT2D eigenvalue weighted by molar-refractivity contribution is 5.81. The largest absolute Gasteiger partial charge is 0.463 e. The fourth-order valence-corrected chi connectivity index (χ4v) is 1.57. The second-order valence-corrected chi connectivity index (χ2v) is 4.00. The van der Waals surface area contributed by atoms with Crippen LogP contribution in [0, 0.1) is 6.92 Å². The van der Waals surface area contributed by atoms with Gasteiger partial charge in [0, 0.05) is 11.3 Å². The van der Waals surface area contributed by atoms with Crippen molar-refractivity contribution < 1.29 is 9.21 Å². The molecule has 0 unspecified atom stereocenters. The van der Waals surface area contributed by atoms with Gasteiger partial charge in [-0.1, -0.05) is 0 Å². The third kappa shape index (κ3) is 3.31. The van der Waals surface area contributed by atoms with E-state index in [1.165, 1.54) is 12.5 Å². The first kappa shape index (κ1) is 13.5. The second kappa shape index (κ2) is 5.83. The Kier molecular flexibility index (Phi) is 3.94. The smallest absolute Gasteiger partial charge is 0.325 e. The van der Waals surface area contributed by atoms with E-state index in [9.17, 15) is 14.4 Å². The molecule has 3 N–H and O–H groups in total. The van der Waals surface area contributed by atoms with E-state index in [-0.39, 0.29) is 12.0 Å². The van der Waals surface area contributed by atoms with Crippen molar-refractivity contribution in [3.8, 4) is 0 Å². The maximum atomic E-state index is 11.6. The number of nitrogens with zero attached hydrogens (tertiary/aromatic N) is 1. The zero-order chi connectivity index (χ0) is 14.5. The molecule has 20 heavy (non-hydrogen) atoms. The standard InChI is InChI=1S/C12H12N4O4/c1-7-9(11(18)15-12(19)14-7)5-10(17)16-13-6-8-3-2-4-20-8/h2-4,6H,5H2,1H3,(H,16,17)(H2,14,15,18,19)/b13-6-. The van der Waals surface area contributed by atoms with Crippen molar-refractivity contribution in [1.29, 1.82) is 0 Å². The molecule has 0 spiro atoms. The van der Waals surface area contributed by atoms with Crippen molar-refractivity contribution in [2.75, 3.05) is 0 Å². The fraction of sp³-hybridized carbons (Fsp3) is 0.167. The summed E-state index contributed by atoms with van der Waals surface area (Å²) in [6.07, 6.45) is 2.63. The van der Waals surface area contributed by atoms with Crippen LogP contribution in [0.2, 0.25) is 0 Å². The summed E-state index contributed by atoms with van der Waals surface area (Å²) in [5.41, 5.74) is 1.61. The van der Waals surface area contributed by atoms with Gasteiger partial charge in [0.2, 0.25) is 5.91 Å². The van der Waals surface area contributed by atoms with Crippen molar-refractivity contribution in [1.82, 2.24) is 15.4 Å². The Balaban J connectivity index is 2.02. The van der Waals surface area contributed by atoms with E-state index in [0.29, 0.717) is 11.5 Å². The third-order valence-electron chi connectivity index (χ3n) is 2.52. The molecule has 0 aromatic carbocycles. The predicted octanol–water partition coefficient (Wildman–Crippen LogP) is -0.343. The molecule has 2 aromatic rings. The summed E-state index contributed by atoms with van der Waals surface area (Å²) >= 11 is 0. The molecule has 0 atom stereocenters. The van der Waals surface area contributed by atoms with Crippen molar-refractivity contribution in [3.63, 3.8) is 0 Å². The number of furan rings is 1. The number of nitrogens with one attached hydrogen (secondary N) is 3. The maximum absolute atomic E-state index is 11.6. The van der Waals surface area contributed by atoms with Gasteiger partial charge < -0.3 is 9.40 Å². The van der Waals surface area contributed by atoms with Gasteiger partial charge in [0.05, 0.1) is 18.9 Å². The molecule has 2 rings (SSSR count). The average molecular weight is 276 g/mol. The van der Waals surface area contributed by atoms with Gasteiger partial charge in [0.15, 0.2) is 0 Å². The van der Waals surface area contributed by atoms with Crippen LogP contribution in [0.4, 0.5) is 0 Å². The van der Waals surface area contributed by atoms with Gasteiger partial charge in [-0.2, -0.15) is 5.10 Å². The highest BCUT2D eigenvalue weighted by Crippen LogP contribution is 1.97. The van der Waals surface area contributed by atoms with Crippen LogP contribution in [0.15, 0.2) is 37.5 Å². The van der Waals surface area contributed by atoms with Crippen LogP contribution in [-0.4, -0.2) is 22.1 Å². The summed E-state index contributed by atoms with van der Waals surface area (Å²) in [7, 11) is 0. The van der Waals surface area contributed by atoms with Gasteiger partial charge in [0.1, 0.15) is 5.76 Å². The van der Waals surface area contributed by atoms with Crippen molar-refractivity contribution in [2.45, 2.75) is 13.3 Å². The molecule has 8 heteroatoms. The Labute approximate surface area is 112 Å². The second-order valence-electron chi connectivity index (χ2n) is 4.00. The number of H-pyrrole nitrogens is 2. The van der Waals surface area contributed by atoms with Crippen LogP contribution in [0.5, 0.6) is 0 Å². The molecule has 0 saturated carbocycles. The van der Waals surface area contributed by atoms with Gasteiger partial charge >= 0.3 is 5.69 Å². The quantitative estimate of drug-likeness (QED) is 0.522. The Hall–Kier alpha value is -2.90. The number of carbonyl (C=O) groups excluding carboxylic acids is 1. The van der Waals surface area contributed by atoms with Crippen LogP contribution >= 0.6 is 0 Å². The van der Waals surface area contributed by atoms with Gasteiger partial charge in [-0.3, -0.25) is 14.6 Å². The molecular formula is C12H12N4O4. The van der Waals surface area contributed by atoms with E-state index in [1.807, 2.05) is 0 Å². The lowest BCUT2D eigenvalue weighted by atomic mass is 10.1. The first-order valence-corrected chi connectivity index (χ1v) is 5.74. The lowest BCUT2D eigenvalue weighted by Crippen LogP contribution is -2.30. The Bertz CT molecular complexity index is 740. The summed E-state index contributed by atoms with van der Waals surface area (Å²) < 4.78 is 4.99. The number of hydrogen-bond donors (Lipinski definition) is 3. The molecule has 1 amide bonds. The van der Waals surface area contributed by atoms with E-state index in [1.54, 1.807) is 19.1 Å². The average Bonchev–Trinajstić information content (AvgIpc) is 2.87. The summed E-state index contributed by atoms with van der Waals surface area (Å²) in [4.78, 5) is 38.7. The van der Waals surface area contributed by atoms with E-state index >= 15 is 0 Å². The van der Waals surface area contributed by atoms with Crippen molar-refractivity contribution in [2.24, 2.45) is 5.10 Å². The van der Waals surface area contributed by atoms with E-state index < -0.39 is 17.2 Å². The molecule has 0 aliphatic rings. The molecule has 0 aliphatic carbocycles. The number of aromatic amines is 2. The minimum Gasteiger partial charge on any atom is -0.463 e. The monoisotopic (exact) mass is 276 g/mol. The molecule has 0 saturated heterocycles. The number of carbonyl (C=O) groups is 1. The number of rotatable bonds is 4.